The van der Waals surface area contributed by atoms with Gasteiger partial charge in [0.1, 0.15) is 5.75 Å². The summed E-state index contributed by atoms with van der Waals surface area (Å²) in [6.45, 7) is 6.78. The molecule has 3 aromatic rings. The number of nitrogens with one attached hydrogen (secondary N) is 1. The molecule has 126 valence electrons. The van der Waals surface area contributed by atoms with E-state index in [0.717, 1.165) is 46.3 Å². The first-order valence-corrected chi connectivity index (χ1v) is 8.47. The van der Waals surface area contributed by atoms with Crippen molar-refractivity contribution in [1.29, 1.82) is 0 Å². The molecule has 0 saturated carbocycles. The lowest BCUT2D eigenvalue weighted by Crippen LogP contribution is -2.35. The van der Waals surface area contributed by atoms with Crippen molar-refractivity contribution < 1.29 is 4.74 Å². The highest BCUT2D eigenvalue weighted by Gasteiger charge is 2.23. The van der Waals surface area contributed by atoms with Crippen molar-refractivity contribution in [3.05, 3.63) is 42.2 Å². The summed E-state index contributed by atoms with van der Waals surface area (Å²) in [5.74, 6) is 0.814. The average molecular weight is 324 g/mol. The number of H-pyrrole nitrogens is 1. The third-order valence-electron chi connectivity index (χ3n) is 4.74. The lowest BCUT2D eigenvalue weighted by molar-refractivity contribution is 0.345. The monoisotopic (exact) mass is 324 g/mol. The number of nitrogens with two attached hydrogens (primary N) is 1. The van der Waals surface area contributed by atoms with Crippen LogP contribution in [0.3, 0.4) is 0 Å². The van der Waals surface area contributed by atoms with Crippen LogP contribution < -0.4 is 10.5 Å². The van der Waals surface area contributed by atoms with E-state index in [4.69, 9.17) is 10.5 Å². The van der Waals surface area contributed by atoms with Crippen LogP contribution in [0.4, 0.5) is 0 Å². The lowest BCUT2D eigenvalue weighted by Gasteiger charge is -2.27. The molecule has 1 aromatic carbocycles. The maximum absolute atomic E-state index is 6.47. The van der Waals surface area contributed by atoms with Crippen LogP contribution >= 0.6 is 0 Å². The molecule has 0 fully saturated rings. The molecule has 3 N–H and O–H groups in total. The van der Waals surface area contributed by atoms with Crippen molar-refractivity contribution in [2.24, 2.45) is 5.73 Å². The van der Waals surface area contributed by atoms with Gasteiger partial charge in [0, 0.05) is 17.3 Å². The van der Waals surface area contributed by atoms with Crippen LogP contribution in [0, 0.1) is 0 Å². The number of fused-ring (bicyclic) bond motifs is 1. The molecule has 0 aliphatic heterocycles. The van der Waals surface area contributed by atoms with Crippen molar-refractivity contribution in [2.75, 3.05) is 6.61 Å². The van der Waals surface area contributed by atoms with Crippen molar-refractivity contribution in [1.82, 2.24) is 15.2 Å². The third-order valence-corrected chi connectivity index (χ3v) is 4.74. The molecule has 0 unspecified atom stereocenters. The zero-order chi connectivity index (χ0) is 17.2. The quantitative estimate of drug-likeness (QED) is 0.718. The van der Waals surface area contributed by atoms with E-state index in [-0.39, 0.29) is 5.54 Å². The zero-order valence-corrected chi connectivity index (χ0v) is 14.5. The molecule has 24 heavy (non-hydrogen) atoms. The number of hydrogen-bond donors (Lipinski definition) is 2. The van der Waals surface area contributed by atoms with Crippen LogP contribution in [0.1, 0.15) is 39.2 Å². The normalized spacial score (nSPS) is 11.8. The molecule has 0 aliphatic rings. The highest BCUT2D eigenvalue weighted by atomic mass is 16.5. The standard InChI is InChI=1S/C19H24N4O/c1-4-19(20,5-2)13-7-9-16(21-11-13)14-8-10-17-15(12-22-23-17)18(14)24-6-3/h7-12H,4-6,20H2,1-3H3,(H,22,23). The van der Waals surface area contributed by atoms with Gasteiger partial charge in [0.25, 0.3) is 0 Å². The highest BCUT2D eigenvalue weighted by Crippen LogP contribution is 2.36. The maximum Gasteiger partial charge on any atom is 0.139 e. The van der Waals surface area contributed by atoms with Crippen LogP contribution in [-0.2, 0) is 5.54 Å². The molecule has 0 amide bonds. The predicted octanol–water partition coefficient (Wildman–Crippen LogP) is 4.00. The van der Waals surface area contributed by atoms with E-state index in [1.807, 2.05) is 31.3 Å². The minimum atomic E-state index is -0.317. The largest absolute Gasteiger partial charge is 0.492 e. The first kappa shape index (κ1) is 16.5. The fraction of sp³-hybridized carbons (Fsp3) is 0.368. The van der Waals surface area contributed by atoms with E-state index in [0.29, 0.717) is 6.61 Å². The Kier molecular flexibility index (Phi) is 4.53. The summed E-state index contributed by atoms with van der Waals surface area (Å²) in [5.41, 5.74) is 10.0. The number of ether oxygens (including phenoxy) is 1. The summed E-state index contributed by atoms with van der Waals surface area (Å²) in [5, 5.41) is 8.05. The van der Waals surface area contributed by atoms with E-state index >= 15 is 0 Å². The Labute approximate surface area is 142 Å². The number of hydrogen-bond acceptors (Lipinski definition) is 4. The molecular formula is C19H24N4O. The van der Waals surface area contributed by atoms with Gasteiger partial charge in [-0.2, -0.15) is 5.10 Å². The van der Waals surface area contributed by atoms with Crippen LogP contribution in [-0.4, -0.2) is 21.8 Å². The van der Waals surface area contributed by atoms with E-state index in [2.05, 4.69) is 35.1 Å². The van der Waals surface area contributed by atoms with Crippen molar-refractivity contribution in [2.45, 2.75) is 39.2 Å². The van der Waals surface area contributed by atoms with Gasteiger partial charge >= 0.3 is 0 Å². The number of rotatable bonds is 6. The molecule has 2 heterocycles. The fourth-order valence-corrected chi connectivity index (χ4v) is 3.00. The van der Waals surface area contributed by atoms with Crippen LogP contribution in [0.15, 0.2) is 36.7 Å². The van der Waals surface area contributed by atoms with Gasteiger partial charge in [0.05, 0.1) is 29.4 Å². The summed E-state index contributed by atoms with van der Waals surface area (Å²) in [6.07, 6.45) is 5.44. The molecule has 0 atom stereocenters. The van der Waals surface area contributed by atoms with Crippen molar-refractivity contribution in [3.63, 3.8) is 0 Å². The molecule has 2 aromatic heterocycles. The number of nitrogens with zero attached hydrogens (tertiary/aromatic N) is 2. The summed E-state index contributed by atoms with van der Waals surface area (Å²) >= 11 is 0. The molecule has 3 rings (SSSR count). The Morgan fingerprint density at radius 2 is 1.88 bits per heavy atom. The maximum atomic E-state index is 6.47. The van der Waals surface area contributed by atoms with Crippen molar-refractivity contribution in [3.8, 4) is 17.0 Å². The smallest absolute Gasteiger partial charge is 0.139 e. The zero-order valence-electron chi connectivity index (χ0n) is 14.5. The van der Waals surface area contributed by atoms with E-state index < -0.39 is 0 Å². The van der Waals surface area contributed by atoms with Crippen molar-refractivity contribution >= 4 is 10.9 Å². The first-order chi connectivity index (χ1) is 11.6. The van der Waals surface area contributed by atoms with E-state index in [1.54, 1.807) is 6.20 Å². The van der Waals surface area contributed by atoms with Crippen LogP contribution in [0.2, 0.25) is 0 Å². The van der Waals surface area contributed by atoms with Gasteiger partial charge in [-0.05, 0) is 43.5 Å². The molecule has 0 radical (unpaired) electrons. The van der Waals surface area contributed by atoms with Gasteiger partial charge in [-0.3, -0.25) is 10.1 Å². The minimum absolute atomic E-state index is 0.317. The summed E-state index contributed by atoms with van der Waals surface area (Å²) < 4.78 is 5.88. The molecule has 0 spiro atoms. The van der Waals surface area contributed by atoms with Crippen LogP contribution in [0.5, 0.6) is 5.75 Å². The van der Waals surface area contributed by atoms with Crippen LogP contribution in [0.25, 0.3) is 22.2 Å². The number of aromatic amines is 1. The molecule has 0 aliphatic carbocycles. The topological polar surface area (TPSA) is 76.8 Å². The summed E-state index contributed by atoms with van der Waals surface area (Å²) in [4.78, 5) is 4.65. The Morgan fingerprint density at radius 1 is 1.08 bits per heavy atom. The molecular weight excluding hydrogens is 300 g/mol. The van der Waals surface area contributed by atoms with Gasteiger partial charge in [-0.25, -0.2) is 0 Å². The van der Waals surface area contributed by atoms with Gasteiger partial charge in [0.15, 0.2) is 0 Å². The number of pyridine rings is 1. The average Bonchev–Trinajstić information content (AvgIpc) is 3.11. The van der Waals surface area contributed by atoms with E-state index in [9.17, 15) is 0 Å². The number of aromatic nitrogens is 3. The summed E-state index contributed by atoms with van der Waals surface area (Å²) in [6, 6.07) is 8.11. The molecule has 5 heteroatoms. The Balaban J connectivity index is 2.06. The fourth-order valence-electron chi connectivity index (χ4n) is 3.00. The Morgan fingerprint density at radius 3 is 2.50 bits per heavy atom. The minimum Gasteiger partial charge on any atom is -0.492 e. The number of benzene rings is 1. The second kappa shape index (κ2) is 6.61. The molecule has 0 bridgehead atoms. The Bertz CT molecular complexity index is 819. The Hall–Kier alpha value is -2.40. The molecule has 0 saturated heterocycles. The summed E-state index contributed by atoms with van der Waals surface area (Å²) in [7, 11) is 0. The van der Waals surface area contributed by atoms with Gasteiger partial charge in [-0.1, -0.05) is 19.9 Å². The first-order valence-electron chi connectivity index (χ1n) is 8.47. The predicted molar refractivity (Wildman–Crippen MR) is 96.9 cm³/mol. The van der Waals surface area contributed by atoms with Gasteiger partial charge in [-0.15, -0.1) is 0 Å². The van der Waals surface area contributed by atoms with E-state index in [1.165, 1.54) is 0 Å². The second-order valence-electron chi connectivity index (χ2n) is 6.00. The third kappa shape index (κ3) is 2.76. The van der Waals surface area contributed by atoms with Gasteiger partial charge < -0.3 is 10.5 Å². The molecule has 5 nitrogen and oxygen atoms in total. The second-order valence-corrected chi connectivity index (χ2v) is 6.00. The van der Waals surface area contributed by atoms with Gasteiger partial charge in [0.2, 0.25) is 0 Å². The SMILES string of the molecule is CCOc1c(-c2ccc(C(N)(CC)CC)cn2)ccc2[nH]ncc12. The highest BCUT2D eigenvalue weighted by molar-refractivity contribution is 5.92. The lowest BCUT2D eigenvalue weighted by atomic mass is 9.87.